The maximum Gasteiger partial charge on any atom is 0.272 e. The third kappa shape index (κ3) is 3.02. The SMILES string of the molecule is CC1CCN(C(=O)CN2C(=O)C(C)(C)Oc3ccc(N)nc32)CC1. The number of nitrogens with zero attached hydrogens (tertiary/aromatic N) is 3. The van der Waals surface area contributed by atoms with Gasteiger partial charge in [0.15, 0.2) is 17.2 Å². The topological polar surface area (TPSA) is 88.8 Å². The average molecular weight is 332 g/mol. The molecule has 1 aromatic rings. The number of fused-ring (bicyclic) bond motifs is 1. The molecular weight excluding hydrogens is 308 g/mol. The predicted molar refractivity (Wildman–Crippen MR) is 90.7 cm³/mol. The molecule has 0 radical (unpaired) electrons. The van der Waals surface area contributed by atoms with E-state index in [1.54, 1.807) is 26.0 Å². The van der Waals surface area contributed by atoms with Crippen LogP contribution in [0.3, 0.4) is 0 Å². The lowest BCUT2D eigenvalue weighted by Gasteiger charge is -2.39. The average Bonchev–Trinajstić information content (AvgIpc) is 2.53. The molecule has 3 rings (SSSR count). The van der Waals surface area contributed by atoms with Gasteiger partial charge in [0.2, 0.25) is 5.91 Å². The standard InChI is InChI=1S/C17H24N4O3/c1-11-6-8-20(9-7-11)14(22)10-21-15-12(4-5-13(18)19-15)24-17(2,3)16(21)23/h4-5,11H,6-10H2,1-3H3,(H2,18,19). The number of carbonyl (C=O) groups is 2. The van der Waals surface area contributed by atoms with Crippen molar-refractivity contribution in [3.63, 3.8) is 0 Å². The van der Waals surface area contributed by atoms with E-state index in [1.165, 1.54) is 4.90 Å². The van der Waals surface area contributed by atoms with E-state index in [2.05, 4.69) is 11.9 Å². The summed E-state index contributed by atoms with van der Waals surface area (Å²) in [6.07, 6.45) is 1.99. The molecule has 7 heteroatoms. The highest BCUT2D eigenvalue weighted by molar-refractivity contribution is 6.05. The molecule has 3 heterocycles. The van der Waals surface area contributed by atoms with Gasteiger partial charge in [0.1, 0.15) is 12.4 Å². The molecule has 0 atom stereocenters. The normalized spacial score (nSPS) is 20.5. The van der Waals surface area contributed by atoms with Gasteiger partial charge in [-0.25, -0.2) is 4.98 Å². The van der Waals surface area contributed by atoms with Gasteiger partial charge in [0.05, 0.1) is 0 Å². The van der Waals surface area contributed by atoms with Crippen molar-refractivity contribution in [3.8, 4) is 5.75 Å². The van der Waals surface area contributed by atoms with Crippen LogP contribution in [0, 0.1) is 5.92 Å². The van der Waals surface area contributed by atoms with E-state index >= 15 is 0 Å². The van der Waals surface area contributed by atoms with Crippen LogP contribution in [0.15, 0.2) is 12.1 Å². The summed E-state index contributed by atoms with van der Waals surface area (Å²) < 4.78 is 5.72. The molecular formula is C17H24N4O3. The Bertz CT molecular complexity index is 666. The smallest absolute Gasteiger partial charge is 0.272 e. The molecule has 7 nitrogen and oxygen atoms in total. The van der Waals surface area contributed by atoms with Crippen molar-refractivity contribution >= 4 is 23.5 Å². The highest BCUT2D eigenvalue weighted by Crippen LogP contribution is 2.36. The van der Waals surface area contributed by atoms with Crippen LogP contribution in [0.1, 0.15) is 33.6 Å². The number of hydrogen-bond acceptors (Lipinski definition) is 5. The lowest BCUT2D eigenvalue weighted by molar-refractivity contribution is -0.137. The van der Waals surface area contributed by atoms with Crippen molar-refractivity contribution in [2.45, 2.75) is 39.2 Å². The number of pyridine rings is 1. The zero-order chi connectivity index (χ0) is 17.5. The van der Waals surface area contributed by atoms with Crippen LogP contribution < -0.4 is 15.4 Å². The molecule has 2 aliphatic rings. The maximum absolute atomic E-state index is 12.7. The number of nitrogen functional groups attached to an aromatic ring is 1. The molecule has 0 aliphatic carbocycles. The number of likely N-dealkylation sites (tertiary alicyclic amines) is 1. The Morgan fingerprint density at radius 1 is 1.38 bits per heavy atom. The third-order valence-electron chi connectivity index (χ3n) is 4.67. The molecule has 130 valence electrons. The first-order valence-electron chi connectivity index (χ1n) is 8.33. The highest BCUT2D eigenvalue weighted by Gasteiger charge is 2.43. The van der Waals surface area contributed by atoms with Crippen LogP contribution in [0.2, 0.25) is 0 Å². The van der Waals surface area contributed by atoms with Gasteiger partial charge in [-0.1, -0.05) is 6.92 Å². The quantitative estimate of drug-likeness (QED) is 0.885. The fourth-order valence-electron chi connectivity index (χ4n) is 3.10. The van der Waals surface area contributed by atoms with E-state index in [9.17, 15) is 9.59 Å². The van der Waals surface area contributed by atoms with E-state index in [4.69, 9.17) is 10.5 Å². The Morgan fingerprint density at radius 3 is 2.71 bits per heavy atom. The predicted octanol–water partition coefficient (Wildman–Crippen LogP) is 1.43. The number of nitrogens with two attached hydrogens (primary N) is 1. The molecule has 1 saturated heterocycles. The van der Waals surface area contributed by atoms with Crippen molar-refractivity contribution < 1.29 is 14.3 Å². The first-order chi connectivity index (χ1) is 11.3. The number of piperidine rings is 1. The lowest BCUT2D eigenvalue weighted by atomic mass is 9.99. The molecule has 0 spiro atoms. The molecule has 0 saturated carbocycles. The van der Waals surface area contributed by atoms with Crippen LogP contribution in [-0.4, -0.2) is 46.9 Å². The van der Waals surface area contributed by atoms with Crippen LogP contribution in [0.5, 0.6) is 5.75 Å². The minimum atomic E-state index is -1.04. The van der Waals surface area contributed by atoms with Crippen LogP contribution >= 0.6 is 0 Å². The molecule has 24 heavy (non-hydrogen) atoms. The minimum absolute atomic E-state index is 0.0382. The van der Waals surface area contributed by atoms with Gasteiger partial charge in [-0.2, -0.15) is 0 Å². The summed E-state index contributed by atoms with van der Waals surface area (Å²) in [5, 5.41) is 0. The molecule has 1 fully saturated rings. The Kier molecular flexibility index (Phi) is 4.11. The van der Waals surface area contributed by atoms with E-state index in [1.807, 2.05) is 4.90 Å². The van der Waals surface area contributed by atoms with Crippen molar-refractivity contribution in [1.82, 2.24) is 9.88 Å². The molecule has 1 aromatic heterocycles. The number of ether oxygens (including phenoxy) is 1. The van der Waals surface area contributed by atoms with Gasteiger partial charge < -0.3 is 15.4 Å². The number of carbonyl (C=O) groups excluding carboxylic acids is 2. The summed E-state index contributed by atoms with van der Waals surface area (Å²) in [7, 11) is 0. The van der Waals surface area contributed by atoms with Crippen molar-refractivity contribution in [3.05, 3.63) is 12.1 Å². The lowest BCUT2D eigenvalue weighted by Crippen LogP contribution is -2.56. The van der Waals surface area contributed by atoms with Gasteiger partial charge >= 0.3 is 0 Å². The van der Waals surface area contributed by atoms with E-state index < -0.39 is 5.60 Å². The van der Waals surface area contributed by atoms with Crippen LogP contribution in [0.4, 0.5) is 11.6 Å². The molecule has 2 amide bonds. The van der Waals surface area contributed by atoms with Crippen LogP contribution in [-0.2, 0) is 9.59 Å². The second-order valence-corrected chi connectivity index (χ2v) is 7.12. The number of aromatic nitrogens is 1. The summed E-state index contributed by atoms with van der Waals surface area (Å²) in [6.45, 7) is 7.00. The second kappa shape index (κ2) is 5.96. The second-order valence-electron chi connectivity index (χ2n) is 7.12. The summed E-state index contributed by atoms with van der Waals surface area (Å²) >= 11 is 0. The van der Waals surface area contributed by atoms with Gasteiger partial charge in [0, 0.05) is 13.1 Å². The number of amides is 2. The van der Waals surface area contributed by atoms with Crippen molar-refractivity contribution in [2.24, 2.45) is 5.92 Å². The zero-order valence-corrected chi connectivity index (χ0v) is 14.4. The fourth-order valence-corrected chi connectivity index (χ4v) is 3.10. The monoisotopic (exact) mass is 332 g/mol. The minimum Gasteiger partial charge on any atom is -0.474 e. The molecule has 2 aliphatic heterocycles. The fraction of sp³-hybridized carbons (Fsp3) is 0.588. The Morgan fingerprint density at radius 2 is 2.04 bits per heavy atom. The highest BCUT2D eigenvalue weighted by atomic mass is 16.5. The number of rotatable bonds is 2. The molecule has 0 aromatic carbocycles. The van der Waals surface area contributed by atoms with Gasteiger partial charge in [0.25, 0.3) is 5.91 Å². The van der Waals surface area contributed by atoms with Gasteiger partial charge in [-0.05, 0) is 44.7 Å². The summed E-state index contributed by atoms with van der Waals surface area (Å²) in [6, 6.07) is 3.31. The summed E-state index contributed by atoms with van der Waals surface area (Å²) in [5.41, 5.74) is 4.71. The van der Waals surface area contributed by atoms with Crippen molar-refractivity contribution in [1.29, 1.82) is 0 Å². The van der Waals surface area contributed by atoms with E-state index in [0.717, 1.165) is 25.9 Å². The van der Waals surface area contributed by atoms with Gasteiger partial charge in [-0.15, -0.1) is 0 Å². The Balaban J connectivity index is 1.84. The maximum atomic E-state index is 12.7. The number of hydrogen-bond donors (Lipinski definition) is 1. The van der Waals surface area contributed by atoms with E-state index in [0.29, 0.717) is 17.5 Å². The van der Waals surface area contributed by atoms with Crippen LogP contribution in [0.25, 0.3) is 0 Å². The number of anilines is 2. The molecule has 0 bridgehead atoms. The van der Waals surface area contributed by atoms with Gasteiger partial charge in [-0.3, -0.25) is 14.5 Å². The van der Waals surface area contributed by atoms with E-state index in [-0.39, 0.29) is 24.2 Å². The first kappa shape index (κ1) is 16.5. The largest absolute Gasteiger partial charge is 0.474 e. The molecule has 0 unspecified atom stereocenters. The first-order valence-corrected chi connectivity index (χ1v) is 8.33. The Hall–Kier alpha value is -2.31. The summed E-state index contributed by atoms with van der Waals surface area (Å²) in [5.74, 6) is 1.36. The van der Waals surface area contributed by atoms with Crippen molar-refractivity contribution in [2.75, 3.05) is 30.3 Å². The third-order valence-corrected chi connectivity index (χ3v) is 4.67. The zero-order valence-electron chi connectivity index (χ0n) is 14.4. The summed E-state index contributed by atoms with van der Waals surface area (Å²) in [4.78, 5) is 32.8. The Labute approximate surface area is 141 Å². The molecule has 2 N–H and O–H groups in total.